The van der Waals surface area contributed by atoms with Crippen molar-refractivity contribution in [1.29, 1.82) is 0 Å². The number of benzene rings is 10. The molecule has 3 nitrogen and oxygen atoms in total. The Morgan fingerprint density at radius 2 is 0.721 bits per heavy atom. The summed E-state index contributed by atoms with van der Waals surface area (Å²) >= 11 is 1.86. The van der Waals surface area contributed by atoms with Gasteiger partial charge in [-0.05, 0) is 108 Å². The van der Waals surface area contributed by atoms with Gasteiger partial charge in [0.2, 0.25) is 0 Å². The minimum atomic E-state index is 0.631. The molecule has 0 radical (unpaired) electrons. The summed E-state index contributed by atoms with van der Waals surface area (Å²) in [4.78, 5) is 15.6. The molecule has 0 spiro atoms. The van der Waals surface area contributed by atoms with Crippen molar-refractivity contribution in [3.63, 3.8) is 0 Å². The van der Waals surface area contributed by atoms with E-state index in [0.29, 0.717) is 17.5 Å². The molecule has 0 aliphatic rings. The quantitative estimate of drug-likeness (QED) is 0.168. The van der Waals surface area contributed by atoms with E-state index < -0.39 is 0 Å². The van der Waals surface area contributed by atoms with Crippen molar-refractivity contribution in [1.82, 2.24) is 15.0 Å². The lowest BCUT2D eigenvalue weighted by Gasteiger charge is -2.12. The van der Waals surface area contributed by atoms with Crippen LogP contribution in [0.5, 0.6) is 0 Å². The summed E-state index contributed by atoms with van der Waals surface area (Å²) in [5.74, 6) is 1.91. The molecule has 0 aliphatic carbocycles. The van der Waals surface area contributed by atoms with Crippen molar-refractivity contribution >= 4 is 63.8 Å². The zero-order chi connectivity index (χ0) is 40.3. The van der Waals surface area contributed by atoms with E-state index in [1.807, 2.05) is 11.3 Å². The molecule has 0 unspecified atom stereocenters. The maximum Gasteiger partial charge on any atom is 0.164 e. The fourth-order valence-corrected chi connectivity index (χ4v) is 9.96. The monoisotopic (exact) mass is 793 g/mol. The minimum Gasteiger partial charge on any atom is -0.208 e. The largest absolute Gasteiger partial charge is 0.208 e. The smallest absolute Gasteiger partial charge is 0.164 e. The second-order valence-electron chi connectivity index (χ2n) is 15.6. The van der Waals surface area contributed by atoms with Crippen molar-refractivity contribution in [3.8, 4) is 67.5 Å². The first-order chi connectivity index (χ1) is 30.2. The molecule has 12 rings (SSSR count). The average Bonchev–Trinajstić information content (AvgIpc) is 3.72. The van der Waals surface area contributed by atoms with Crippen LogP contribution in [0.25, 0.3) is 120 Å². The fraction of sp³-hybridized carbons (Fsp3) is 0. The van der Waals surface area contributed by atoms with Crippen LogP contribution >= 0.6 is 11.3 Å². The summed E-state index contributed by atoms with van der Waals surface area (Å²) in [7, 11) is 0. The highest BCUT2D eigenvalue weighted by Gasteiger charge is 2.16. The Morgan fingerprint density at radius 1 is 0.262 bits per heavy atom. The van der Waals surface area contributed by atoms with Gasteiger partial charge in [0.1, 0.15) is 0 Å². The van der Waals surface area contributed by atoms with Gasteiger partial charge >= 0.3 is 0 Å². The summed E-state index contributed by atoms with van der Waals surface area (Å²) in [6.45, 7) is 0. The third-order valence-electron chi connectivity index (χ3n) is 11.9. The highest BCUT2D eigenvalue weighted by molar-refractivity contribution is 7.25. The molecule has 0 amide bonds. The first-order valence-electron chi connectivity index (χ1n) is 20.6. The first-order valence-corrected chi connectivity index (χ1v) is 21.4. The van der Waals surface area contributed by atoms with Gasteiger partial charge in [0, 0.05) is 36.9 Å². The van der Waals surface area contributed by atoms with Crippen molar-refractivity contribution in [2.75, 3.05) is 0 Å². The van der Waals surface area contributed by atoms with Crippen LogP contribution in [0.4, 0.5) is 0 Å². The topological polar surface area (TPSA) is 38.7 Å². The van der Waals surface area contributed by atoms with Gasteiger partial charge in [-0.2, -0.15) is 0 Å². The van der Waals surface area contributed by atoms with Gasteiger partial charge in [-0.1, -0.05) is 170 Å². The van der Waals surface area contributed by atoms with Crippen LogP contribution < -0.4 is 0 Å². The van der Waals surface area contributed by atoms with Crippen LogP contribution in [0.1, 0.15) is 0 Å². The minimum absolute atomic E-state index is 0.631. The summed E-state index contributed by atoms with van der Waals surface area (Å²) in [5, 5.41) is 9.73. The van der Waals surface area contributed by atoms with Crippen LogP contribution in [-0.4, -0.2) is 15.0 Å². The van der Waals surface area contributed by atoms with Gasteiger partial charge in [0.05, 0.1) is 0 Å². The van der Waals surface area contributed by atoms with E-state index in [2.05, 4.69) is 212 Å². The molecule has 12 aromatic rings. The lowest BCUT2D eigenvalue weighted by Crippen LogP contribution is -2.01. The molecule has 10 aromatic carbocycles. The van der Waals surface area contributed by atoms with Crippen molar-refractivity contribution in [2.24, 2.45) is 0 Å². The number of hydrogen-bond donors (Lipinski definition) is 0. The molecule has 284 valence electrons. The maximum absolute atomic E-state index is 5.20. The zero-order valence-corrected chi connectivity index (χ0v) is 33.8. The molecule has 2 aromatic heterocycles. The molecule has 0 fully saturated rings. The van der Waals surface area contributed by atoms with E-state index in [1.54, 1.807) is 0 Å². The van der Waals surface area contributed by atoms with Gasteiger partial charge in [0.15, 0.2) is 17.5 Å². The SMILES string of the molecule is c1cc(-c2ccc3ccccc3c2)cc(-c2nc(-c3cccc(-c4ccc5cc(-c6cccc7sc8ccccc8c67)ccc5c4)c3)nc(-c3cccc4ccccc34)n2)c1. The van der Waals surface area contributed by atoms with Gasteiger partial charge in [0.25, 0.3) is 0 Å². The lowest BCUT2D eigenvalue weighted by atomic mass is 9.95. The zero-order valence-electron chi connectivity index (χ0n) is 33.0. The second kappa shape index (κ2) is 14.5. The molecule has 0 saturated heterocycles. The van der Waals surface area contributed by atoms with Gasteiger partial charge < -0.3 is 0 Å². The predicted octanol–water partition coefficient (Wildman–Crippen LogP) is 15.7. The summed E-state index contributed by atoms with van der Waals surface area (Å²) in [5.41, 5.74) is 9.84. The van der Waals surface area contributed by atoms with Gasteiger partial charge in [-0.15, -0.1) is 11.3 Å². The normalized spacial score (nSPS) is 11.6. The molecule has 0 bridgehead atoms. The van der Waals surface area contributed by atoms with E-state index in [4.69, 9.17) is 15.0 Å². The van der Waals surface area contributed by atoms with Crippen LogP contribution in [0.2, 0.25) is 0 Å². The number of thiophene rings is 1. The molecule has 0 aliphatic heterocycles. The van der Waals surface area contributed by atoms with Crippen LogP contribution in [-0.2, 0) is 0 Å². The van der Waals surface area contributed by atoms with Crippen LogP contribution in [0.15, 0.2) is 212 Å². The van der Waals surface area contributed by atoms with Crippen molar-refractivity contribution in [2.45, 2.75) is 0 Å². The van der Waals surface area contributed by atoms with E-state index in [-0.39, 0.29) is 0 Å². The molecule has 0 atom stereocenters. The van der Waals surface area contributed by atoms with Gasteiger partial charge in [-0.3, -0.25) is 0 Å². The Hall–Kier alpha value is -7.79. The Morgan fingerprint density at radius 3 is 1.46 bits per heavy atom. The summed E-state index contributed by atoms with van der Waals surface area (Å²) in [6.07, 6.45) is 0. The summed E-state index contributed by atoms with van der Waals surface area (Å²) < 4.78 is 2.64. The summed E-state index contributed by atoms with van der Waals surface area (Å²) in [6, 6.07) is 75.9. The van der Waals surface area contributed by atoms with E-state index in [9.17, 15) is 0 Å². The average molecular weight is 794 g/mol. The van der Waals surface area contributed by atoms with Crippen LogP contribution in [0, 0.1) is 0 Å². The predicted molar refractivity (Wildman–Crippen MR) is 258 cm³/mol. The molecule has 2 heterocycles. The third-order valence-corrected chi connectivity index (χ3v) is 13.0. The Bertz CT molecular complexity index is 3670. The van der Waals surface area contributed by atoms with Crippen LogP contribution in [0.3, 0.4) is 0 Å². The molecular weight excluding hydrogens is 759 g/mol. The Labute approximate surface area is 356 Å². The molecule has 4 heteroatoms. The highest BCUT2D eigenvalue weighted by Crippen LogP contribution is 2.41. The number of aromatic nitrogens is 3. The lowest BCUT2D eigenvalue weighted by molar-refractivity contribution is 1.08. The highest BCUT2D eigenvalue weighted by atomic mass is 32.1. The molecule has 61 heavy (non-hydrogen) atoms. The number of rotatable bonds is 6. The van der Waals surface area contributed by atoms with Crippen molar-refractivity contribution < 1.29 is 0 Å². The number of nitrogens with zero attached hydrogens (tertiary/aromatic N) is 3. The standard InChI is InChI=1S/C57H35N3S/c1-2-13-38-31-41(26-25-36(38)11-1)39-15-7-17-46(34-39)55-58-56(60-57(59-55)50-22-9-14-37-12-3-4-19-48(37)50)47-18-8-16-40(35-47)42-27-28-44-33-45(30-29-43(44)32-42)49-21-10-24-53-54(49)51-20-5-6-23-52(51)61-53/h1-35H. The Balaban J connectivity index is 0.945. The maximum atomic E-state index is 5.20. The van der Waals surface area contributed by atoms with Crippen molar-refractivity contribution in [3.05, 3.63) is 212 Å². The number of hydrogen-bond acceptors (Lipinski definition) is 4. The molecule has 0 saturated carbocycles. The number of fused-ring (bicyclic) bond motifs is 6. The molecular formula is C57H35N3S. The van der Waals surface area contributed by atoms with E-state index >= 15 is 0 Å². The van der Waals surface area contributed by atoms with E-state index in [0.717, 1.165) is 49.7 Å². The molecule has 0 N–H and O–H groups in total. The van der Waals surface area contributed by atoms with E-state index in [1.165, 1.54) is 52.8 Å². The Kier molecular flexibility index (Phi) is 8.36. The third kappa shape index (κ3) is 6.33. The fourth-order valence-electron chi connectivity index (χ4n) is 8.83. The van der Waals surface area contributed by atoms with Gasteiger partial charge in [-0.25, -0.2) is 15.0 Å². The first kappa shape index (κ1) is 35.2. The second-order valence-corrected chi connectivity index (χ2v) is 16.7.